The zero-order chi connectivity index (χ0) is 22.5. The fourth-order valence-corrected chi connectivity index (χ4v) is 4.55. The summed E-state index contributed by atoms with van der Waals surface area (Å²) < 4.78 is 13.1. The molecule has 3 aromatic rings. The third kappa shape index (κ3) is 3.53. The molecule has 0 unspecified atom stereocenters. The molecule has 3 heterocycles. The Labute approximate surface area is 186 Å². The third-order valence-electron chi connectivity index (χ3n) is 5.92. The number of ether oxygens (including phenoxy) is 2. The third-order valence-corrected chi connectivity index (χ3v) is 5.92. The Kier molecular flexibility index (Phi) is 4.94. The van der Waals surface area contributed by atoms with Crippen molar-refractivity contribution in [1.29, 1.82) is 0 Å². The Balaban J connectivity index is 1.49. The van der Waals surface area contributed by atoms with Crippen LogP contribution in [0.4, 0.5) is 11.6 Å². The summed E-state index contributed by atoms with van der Waals surface area (Å²) in [5.41, 5.74) is 10.8. The van der Waals surface area contributed by atoms with Gasteiger partial charge >= 0.3 is 0 Å². The minimum absolute atomic E-state index is 0.200. The van der Waals surface area contributed by atoms with E-state index in [4.69, 9.17) is 15.2 Å². The lowest BCUT2D eigenvalue weighted by atomic mass is 9.73. The van der Waals surface area contributed by atoms with E-state index in [0.29, 0.717) is 31.0 Å². The van der Waals surface area contributed by atoms with Gasteiger partial charge in [-0.15, -0.1) is 0 Å². The first-order valence-electron chi connectivity index (χ1n) is 10.7. The lowest BCUT2D eigenvalue weighted by Gasteiger charge is -2.31. The number of nitrogens with zero attached hydrogens (tertiary/aromatic N) is 4. The summed E-state index contributed by atoms with van der Waals surface area (Å²) in [4.78, 5) is 21.9. The second-order valence-electron chi connectivity index (χ2n) is 8.87. The second kappa shape index (κ2) is 7.68. The molecule has 9 nitrogen and oxygen atoms in total. The largest absolute Gasteiger partial charge is 0.368 e. The Morgan fingerprint density at radius 3 is 2.84 bits per heavy atom. The van der Waals surface area contributed by atoms with E-state index in [0.717, 1.165) is 34.5 Å². The van der Waals surface area contributed by atoms with Gasteiger partial charge in [0.1, 0.15) is 0 Å². The van der Waals surface area contributed by atoms with Crippen molar-refractivity contribution in [2.45, 2.75) is 38.4 Å². The maximum absolute atomic E-state index is 13.3. The van der Waals surface area contributed by atoms with Crippen LogP contribution >= 0.6 is 0 Å². The van der Waals surface area contributed by atoms with E-state index < -0.39 is 6.29 Å². The molecular weight excluding hydrogens is 408 g/mol. The van der Waals surface area contributed by atoms with Crippen molar-refractivity contribution in [1.82, 2.24) is 19.7 Å². The van der Waals surface area contributed by atoms with Crippen molar-refractivity contribution < 1.29 is 14.3 Å². The van der Waals surface area contributed by atoms with Crippen molar-refractivity contribution >= 4 is 17.5 Å². The molecule has 166 valence electrons. The number of amides is 1. The molecule has 1 amide bonds. The van der Waals surface area contributed by atoms with Gasteiger partial charge in [-0.1, -0.05) is 26.0 Å². The smallest absolute Gasteiger partial charge is 0.276 e. The molecule has 1 fully saturated rings. The lowest BCUT2D eigenvalue weighted by molar-refractivity contribution is -0.183. The number of carbonyl (C=O) groups excluding carboxylic acids is 1. The number of fused-ring (bicyclic) bond motifs is 3. The molecule has 0 bridgehead atoms. The number of hydrogen-bond acceptors (Lipinski definition) is 7. The number of anilines is 2. The van der Waals surface area contributed by atoms with Crippen LogP contribution in [-0.2, 0) is 28.4 Å². The van der Waals surface area contributed by atoms with Gasteiger partial charge < -0.3 is 20.5 Å². The molecule has 0 atom stereocenters. The molecular formula is C23H26N6O3. The zero-order valence-electron chi connectivity index (χ0n) is 18.4. The lowest BCUT2D eigenvalue weighted by Crippen LogP contribution is -2.29. The summed E-state index contributed by atoms with van der Waals surface area (Å²) in [6.07, 6.45) is 2.92. The van der Waals surface area contributed by atoms with Gasteiger partial charge in [-0.05, 0) is 36.0 Å². The first-order chi connectivity index (χ1) is 15.3. The summed E-state index contributed by atoms with van der Waals surface area (Å²) in [6, 6.07) is 7.52. The van der Waals surface area contributed by atoms with Gasteiger partial charge in [0.15, 0.2) is 12.0 Å². The average Bonchev–Trinajstić information content (AvgIpc) is 3.14. The SMILES string of the molecule is Cn1nc(C(=O)Nc2cccc(C3OCCCO3)c2)c2c1-c1nc(N)ncc1CC2(C)C. The number of rotatable bonds is 3. The highest BCUT2D eigenvalue weighted by Crippen LogP contribution is 2.43. The van der Waals surface area contributed by atoms with Crippen LogP contribution in [0.15, 0.2) is 30.5 Å². The summed E-state index contributed by atoms with van der Waals surface area (Å²) in [5.74, 6) is -0.0754. The summed E-state index contributed by atoms with van der Waals surface area (Å²) in [7, 11) is 1.82. The number of nitrogens with one attached hydrogen (secondary N) is 1. The molecule has 1 saturated heterocycles. The van der Waals surface area contributed by atoms with Crippen LogP contribution in [0.5, 0.6) is 0 Å². The number of hydrogen-bond donors (Lipinski definition) is 2. The monoisotopic (exact) mass is 434 g/mol. The van der Waals surface area contributed by atoms with E-state index in [1.807, 2.05) is 31.3 Å². The fourth-order valence-electron chi connectivity index (χ4n) is 4.55. The molecule has 2 aromatic heterocycles. The highest BCUT2D eigenvalue weighted by molar-refractivity contribution is 6.05. The minimum Gasteiger partial charge on any atom is -0.368 e. The van der Waals surface area contributed by atoms with Crippen LogP contribution in [0.2, 0.25) is 0 Å². The molecule has 9 heteroatoms. The minimum atomic E-state index is -0.413. The highest BCUT2D eigenvalue weighted by atomic mass is 16.7. The molecule has 1 aliphatic carbocycles. The number of nitrogens with two attached hydrogens (primary N) is 1. The van der Waals surface area contributed by atoms with Crippen LogP contribution in [0, 0.1) is 0 Å². The van der Waals surface area contributed by atoms with Crippen molar-refractivity contribution in [2.24, 2.45) is 7.05 Å². The quantitative estimate of drug-likeness (QED) is 0.651. The van der Waals surface area contributed by atoms with E-state index in [1.165, 1.54) is 0 Å². The van der Waals surface area contributed by atoms with Gasteiger partial charge in [0, 0.05) is 30.1 Å². The van der Waals surface area contributed by atoms with Crippen molar-refractivity contribution in [3.63, 3.8) is 0 Å². The van der Waals surface area contributed by atoms with Crippen LogP contribution in [-0.4, -0.2) is 38.9 Å². The Bertz CT molecular complexity index is 1200. The molecule has 1 aromatic carbocycles. The van der Waals surface area contributed by atoms with E-state index in [-0.39, 0.29) is 17.3 Å². The highest BCUT2D eigenvalue weighted by Gasteiger charge is 2.39. The second-order valence-corrected chi connectivity index (χ2v) is 8.87. The molecule has 0 saturated carbocycles. The Hall–Kier alpha value is -3.30. The van der Waals surface area contributed by atoms with Gasteiger partial charge in [-0.3, -0.25) is 9.48 Å². The number of nitrogen functional groups attached to an aromatic ring is 1. The molecule has 32 heavy (non-hydrogen) atoms. The predicted molar refractivity (Wildman–Crippen MR) is 119 cm³/mol. The Morgan fingerprint density at radius 1 is 1.28 bits per heavy atom. The number of carbonyl (C=O) groups is 1. The molecule has 0 spiro atoms. The van der Waals surface area contributed by atoms with Crippen LogP contribution in [0.1, 0.15) is 53.7 Å². The van der Waals surface area contributed by atoms with Gasteiger partial charge in [0.2, 0.25) is 5.95 Å². The molecule has 3 N–H and O–H groups in total. The predicted octanol–water partition coefficient (Wildman–Crippen LogP) is 2.98. The standard InChI is InChI=1S/C23H26N6O3/c1-23(2)11-14-12-25-22(24)27-17(14)19-16(23)18(28-29(19)3)20(30)26-15-7-4-6-13(10-15)21-31-8-5-9-32-21/h4,6-7,10,12,21H,5,8-9,11H2,1-3H3,(H,26,30)(H2,24,25,27). The first-order valence-corrected chi connectivity index (χ1v) is 10.7. The zero-order valence-corrected chi connectivity index (χ0v) is 18.4. The maximum atomic E-state index is 13.3. The van der Waals surface area contributed by atoms with Crippen LogP contribution in [0.3, 0.4) is 0 Å². The van der Waals surface area contributed by atoms with Crippen molar-refractivity contribution in [3.05, 3.63) is 52.8 Å². The van der Waals surface area contributed by atoms with E-state index >= 15 is 0 Å². The van der Waals surface area contributed by atoms with Gasteiger partial charge in [0.05, 0.1) is 24.6 Å². The molecule has 5 rings (SSSR count). The number of aryl methyl sites for hydroxylation is 1. The molecule has 2 aliphatic rings. The summed E-state index contributed by atoms with van der Waals surface area (Å²) in [5, 5.41) is 7.57. The maximum Gasteiger partial charge on any atom is 0.276 e. The topological polar surface area (TPSA) is 117 Å². The first kappa shape index (κ1) is 20.6. The van der Waals surface area contributed by atoms with Crippen LogP contribution in [0.25, 0.3) is 11.4 Å². The van der Waals surface area contributed by atoms with Gasteiger partial charge in [0.25, 0.3) is 5.91 Å². The normalized spacial score (nSPS) is 17.5. The number of aromatic nitrogens is 4. The van der Waals surface area contributed by atoms with Crippen LogP contribution < -0.4 is 11.1 Å². The van der Waals surface area contributed by atoms with Crippen molar-refractivity contribution in [3.8, 4) is 11.4 Å². The Morgan fingerprint density at radius 2 is 2.06 bits per heavy atom. The van der Waals surface area contributed by atoms with E-state index in [1.54, 1.807) is 10.9 Å². The summed E-state index contributed by atoms with van der Waals surface area (Å²) in [6.45, 7) is 5.52. The van der Waals surface area contributed by atoms with E-state index in [9.17, 15) is 4.79 Å². The molecule has 1 aliphatic heterocycles. The van der Waals surface area contributed by atoms with Crippen molar-refractivity contribution in [2.75, 3.05) is 24.3 Å². The fraction of sp³-hybridized carbons (Fsp3) is 0.391. The van der Waals surface area contributed by atoms with Gasteiger partial charge in [-0.25, -0.2) is 9.97 Å². The summed E-state index contributed by atoms with van der Waals surface area (Å²) >= 11 is 0. The van der Waals surface area contributed by atoms with Gasteiger partial charge in [-0.2, -0.15) is 5.10 Å². The molecule has 0 radical (unpaired) electrons. The number of benzene rings is 1. The van der Waals surface area contributed by atoms with E-state index in [2.05, 4.69) is 34.2 Å². The average molecular weight is 435 g/mol.